The van der Waals surface area contributed by atoms with Crippen molar-refractivity contribution >= 4 is 15.9 Å². The lowest BCUT2D eigenvalue weighted by molar-refractivity contribution is 0.155. The highest BCUT2D eigenvalue weighted by Gasteiger charge is 2.18. The molecule has 0 aromatic carbocycles. The zero-order valence-corrected chi connectivity index (χ0v) is 10.0. The second-order valence-corrected chi connectivity index (χ2v) is 5.23. The van der Waals surface area contributed by atoms with Gasteiger partial charge >= 0.3 is 0 Å². The minimum Gasteiger partial charge on any atom is -0.390 e. The average Bonchev–Trinajstić information content (AvgIpc) is 1.97. The van der Waals surface area contributed by atoms with Gasteiger partial charge in [0.15, 0.2) is 0 Å². The Morgan fingerprint density at radius 3 is 2.33 bits per heavy atom. The molecule has 0 aliphatic heterocycles. The average molecular weight is 236 g/mol. The highest BCUT2D eigenvalue weighted by atomic mass is 79.9. The molecule has 12 heavy (non-hydrogen) atoms. The maximum atomic E-state index is 5.14. The van der Waals surface area contributed by atoms with Gasteiger partial charge in [-0.2, -0.15) is 0 Å². The Morgan fingerprint density at radius 2 is 2.08 bits per heavy atom. The molecule has 72 valence electrons. The molecular formula is C9H18BrNO. The molecule has 3 heteroatoms. The van der Waals surface area contributed by atoms with Crippen molar-refractivity contribution in [2.24, 2.45) is 0 Å². The summed E-state index contributed by atoms with van der Waals surface area (Å²) < 4.78 is 5.12. The predicted molar refractivity (Wildman–Crippen MR) is 56.6 cm³/mol. The van der Waals surface area contributed by atoms with Crippen molar-refractivity contribution in [3.8, 4) is 0 Å². The quantitative estimate of drug-likeness (QED) is 0.756. The molecule has 0 saturated carbocycles. The van der Waals surface area contributed by atoms with E-state index in [1.54, 1.807) is 7.11 Å². The third-order valence-electron chi connectivity index (χ3n) is 1.68. The van der Waals surface area contributed by atoms with E-state index in [1.165, 1.54) is 0 Å². The second-order valence-electron chi connectivity index (χ2n) is 3.24. The van der Waals surface area contributed by atoms with Crippen molar-refractivity contribution in [1.82, 2.24) is 5.32 Å². The first-order valence-electron chi connectivity index (χ1n) is 4.03. The molecule has 2 nitrogen and oxygen atoms in total. The van der Waals surface area contributed by atoms with Crippen LogP contribution >= 0.6 is 15.9 Å². The lowest BCUT2D eigenvalue weighted by Crippen LogP contribution is -2.25. The summed E-state index contributed by atoms with van der Waals surface area (Å²) in [7, 11) is 3.62. The van der Waals surface area contributed by atoms with E-state index in [0.717, 1.165) is 5.70 Å². The van der Waals surface area contributed by atoms with Gasteiger partial charge in [-0.3, -0.25) is 0 Å². The van der Waals surface area contributed by atoms with Gasteiger partial charge in [0.05, 0.1) is 10.4 Å². The third-order valence-corrected chi connectivity index (χ3v) is 2.11. The summed E-state index contributed by atoms with van der Waals surface area (Å²) in [6.07, 6.45) is 2.21. The number of alkyl halides is 1. The Balaban J connectivity index is 4.44. The summed E-state index contributed by atoms with van der Waals surface area (Å²) in [5.74, 6) is 0. The number of rotatable bonds is 4. The van der Waals surface area contributed by atoms with Gasteiger partial charge in [-0.25, -0.2) is 0 Å². The van der Waals surface area contributed by atoms with Crippen LogP contribution in [0.25, 0.3) is 0 Å². The molecule has 0 aliphatic carbocycles. The fraction of sp³-hybridized carbons (Fsp3) is 0.778. The number of methoxy groups -OCH3 is 1. The smallest absolute Gasteiger partial charge is 0.0743 e. The van der Waals surface area contributed by atoms with Crippen molar-refractivity contribution in [3.63, 3.8) is 0 Å². The molecule has 0 aromatic heterocycles. The van der Waals surface area contributed by atoms with Crippen LogP contribution in [0.3, 0.4) is 0 Å². The van der Waals surface area contributed by atoms with Gasteiger partial charge < -0.3 is 10.1 Å². The first kappa shape index (κ1) is 12.0. The minimum absolute atomic E-state index is 0.0193. The first-order valence-corrected chi connectivity index (χ1v) is 4.83. The summed E-state index contributed by atoms with van der Waals surface area (Å²) >= 11 is 3.58. The van der Waals surface area contributed by atoms with Crippen LogP contribution in [-0.4, -0.2) is 24.6 Å². The molecule has 0 fully saturated rings. The normalized spacial score (nSPS) is 16.0. The molecule has 0 amide bonds. The van der Waals surface area contributed by atoms with Crippen molar-refractivity contribution < 1.29 is 4.74 Å². The molecule has 0 spiro atoms. The maximum Gasteiger partial charge on any atom is 0.0743 e. The van der Waals surface area contributed by atoms with E-state index in [1.807, 2.05) is 14.0 Å². The number of ether oxygens (including phenoxy) is 1. The first-order chi connectivity index (χ1) is 5.41. The molecule has 0 bridgehead atoms. The van der Waals surface area contributed by atoms with Crippen molar-refractivity contribution in [3.05, 3.63) is 11.8 Å². The molecule has 0 saturated heterocycles. The molecule has 0 rings (SSSR count). The van der Waals surface area contributed by atoms with Gasteiger partial charge in [-0.15, -0.1) is 0 Å². The largest absolute Gasteiger partial charge is 0.390 e. The summed E-state index contributed by atoms with van der Waals surface area (Å²) in [6.45, 7) is 6.20. The fourth-order valence-corrected chi connectivity index (χ4v) is 1.21. The van der Waals surface area contributed by atoms with Crippen LogP contribution in [0, 0.1) is 0 Å². The van der Waals surface area contributed by atoms with Crippen LogP contribution in [0.4, 0.5) is 0 Å². The van der Waals surface area contributed by atoms with Crippen LogP contribution in [0.5, 0.6) is 0 Å². The Morgan fingerprint density at radius 1 is 1.58 bits per heavy atom. The molecular weight excluding hydrogens is 218 g/mol. The molecule has 0 heterocycles. The molecule has 1 unspecified atom stereocenters. The Bertz CT molecular complexity index is 160. The number of nitrogens with one attached hydrogen (secondary N) is 1. The zero-order valence-electron chi connectivity index (χ0n) is 8.44. The van der Waals surface area contributed by atoms with Crippen LogP contribution in [0.2, 0.25) is 0 Å². The number of halogens is 1. The maximum absolute atomic E-state index is 5.14. The van der Waals surface area contributed by atoms with Gasteiger partial charge in [-0.1, -0.05) is 15.9 Å². The Hall–Kier alpha value is -0.0200. The third kappa shape index (κ3) is 4.12. The van der Waals surface area contributed by atoms with Gasteiger partial charge in [0, 0.05) is 19.9 Å². The number of allylic oxidation sites excluding steroid dienone is 1. The van der Waals surface area contributed by atoms with Crippen LogP contribution in [-0.2, 0) is 4.74 Å². The van der Waals surface area contributed by atoms with E-state index in [2.05, 4.69) is 41.2 Å². The van der Waals surface area contributed by atoms with Gasteiger partial charge in [0.25, 0.3) is 0 Å². The SMILES string of the molecule is CN/C(=C/C(C)OC)C(C)(C)Br. The standard InChI is InChI=1S/C9H18BrNO/c1-7(12-5)6-8(11-4)9(2,3)10/h6-7,11H,1-5H3/b8-6+. The summed E-state index contributed by atoms with van der Waals surface area (Å²) in [5.41, 5.74) is 1.14. The molecule has 0 aromatic rings. The number of hydrogen-bond donors (Lipinski definition) is 1. The second kappa shape index (κ2) is 4.87. The lowest BCUT2D eigenvalue weighted by Gasteiger charge is -2.22. The van der Waals surface area contributed by atoms with Gasteiger partial charge in [-0.05, 0) is 26.8 Å². The van der Waals surface area contributed by atoms with E-state index in [-0.39, 0.29) is 10.4 Å². The van der Waals surface area contributed by atoms with Crippen molar-refractivity contribution in [2.75, 3.05) is 14.2 Å². The van der Waals surface area contributed by atoms with E-state index < -0.39 is 0 Å². The van der Waals surface area contributed by atoms with E-state index in [0.29, 0.717) is 0 Å². The lowest BCUT2D eigenvalue weighted by atomic mass is 10.1. The molecule has 1 atom stereocenters. The summed E-state index contributed by atoms with van der Waals surface area (Å²) in [4.78, 5) is 0. The fourth-order valence-electron chi connectivity index (χ4n) is 0.881. The van der Waals surface area contributed by atoms with E-state index in [4.69, 9.17) is 4.74 Å². The van der Waals surface area contributed by atoms with E-state index in [9.17, 15) is 0 Å². The highest BCUT2D eigenvalue weighted by molar-refractivity contribution is 9.10. The van der Waals surface area contributed by atoms with Crippen molar-refractivity contribution in [2.45, 2.75) is 31.2 Å². The van der Waals surface area contributed by atoms with Crippen LogP contribution in [0.1, 0.15) is 20.8 Å². The minimum atomic E-state index is -0.0193. The van der Waals surface area contributed by atoms with Crippen molar-refractivity contribution in [1.29, 1.82) is 0 Å². The highest BCUT2D eigenvalue weighted by Crippen LogP contribution is 2.24. The summed E-state index contributed by atoms with van der Waals surface area (Å²) in [5, 5.41) is 3.14. The molecule has 0 radical (unpaired) electrons. The van der Waals surface area contributed by atoms with Gasteiger partial charge in [0.2, 0.25) is 0 Å². The van der Waals surface area contributed by atoms with Crippen LogP contribution in [0.15, 0.2) is 11.8 Å². The van der Waals surface area contributed by atoms with Gasteiger partial charge in [0.1, 0.15) is 0 Å². The number of hydrogen-bond acceptors (Lipinski definition) is 2. The topological polar surface area (TPSA) is 21.3 Å². The van der Waals surface area contributed by atoms with Crippen LogP contribution < -0.4 is 5.32 Å². The van der Waals surface area contributed by atoms with E-state index >= 15 is 0 Å². The predicted octanol–water partition coefficient (Wildman–Crippen LogP) is 2.30. The summed E-state index contributed by atoms with van der Waals surface area (Å²) in [6, 6.07) is 0. The Kier molecular flexibility index (Phi) is 4.87. The Labute approximate surface area is 83.5 Å². The molecule has 0 aliphatic rings. The monoisotopic (exact) mass is 235 g/mol. The zero-order chi connectivity index (χ0) is 9.78. The molecule has 1 N–H and O–H groups in total.